The van der Waals surface area contributed by atoms with Gasteiger partial charge in [-0.2, -0.15) is 5.10 Å². The minimum absolute atomic E-state index is 0.0858. The molecule has 6 heteroatoms. The summed E-state index contributed by atoms with van der Waals surface area (Å²) in [5.74, 6) is 0.556. The van der Waals surface area contributed by atoms with Gasteiger partial charge in [-0.05, 0) is 19.9 Å². The second kappa shape index (κ2) is 5.27. The Morgan fingerprint density at radius 1 is 1.50 bits per heavy atom. The fourth-order valence-electron chi connectivity index (χ4n) is 1.67. The molecule has 94 valence electrons. The first-order valence-corrected chi connectivity index (χ1v) is 5.98. The molecule has 0 unspecified atom stereocenters. The summed E-state index contributed by atoms with van der Waals surface area (Å²) in [4.78, 5) is 20.1. The van der Waals surface area contributed by atoms with Crippen LogP contribution in [0.3, 0.4) is 0 Å². The van der Waals surface area contributed by atoms with Gasteiger partial charge >= 0.3 is 0 Å². The van der Waals surface area contributed by atoms with E-state index in [-0.39, 0.29) is 18.2 Å². The maximum atomic E-state index is 12.1. The summed E-state index contributed by atoms with van der Waals surface area (Å²) in [6, 6.07) is 1.78. The lowest BCUT2D eigenvalue weighted by Crippen LogP contribution is -2.13. The predicted octanol–water partition coefficient (Wildman–Crippen LogP) is 2.33. The van der Waals surface area contributed by atoms with E-state index in [1.807, 2.05) is 13.8 Å². The molecule has 0 atom stereocenters. The number of hydrogen-bond acceptors (Lipinski definition) is 4. The van der Waals surface area contributed by atoms with Crippen molar-refractivity contribution < 1.29 is 4.79 Å². The Morgan fingerprint density at radius 3 is 2.94 bits per heavy atom. The maximum absolute atomic E-state index is 12.1. The van der Waals surface area contributed by atoms with E-state index < -0.39 is 0 Å². The van der Waals surface area contributed by atoms with Crippen molar-refractivity contribution in [3.8, 4) is 0 Å². The summed E-state index contributed by atoms with van der Waals surface area (Å²) in [5.41, 5.74) is 0.463. The van der Waals surface area contributed by atoms with Crippen LogP contribution in [0.1, 0.15) is 36.1 Å². The molecule has 0 fully saturated rings. The van der Waals surface area contributed by atoms with Gasteiger partial charge in [-0.25, -0.2) is 9.67 Å². The lowest BCUT2D eigenvalue weighted by atomic mass is 10.1. The van der Waals surface area contributed by atoms with E-state index in [4.69, 9.17) is 11.6 Å². The monoisotopic (exact) mass is 264 g/mol. The highest BCUT2D eigenvalue weighted by atomic mass is 35.5. The van der Waals surface area contributed by atoms with Gasteiger partial charge in [-0.1, -0.05) is 11.6 Å². The molecule has 0 aliphatic heterocycles. The third kappa shape index (κ3) is 2.56. The standard InChI is InChI=1S/C12H13ClN4O/c1-8(2)17-12(15-7-16-17)5-11(18)9-3-4-14-6-10(9)13/h3-4,6-8H,5H2,1-2H3. The molecule has 2 aromatic rings. The molecule has 0 aliphatic carbocycles. The van der Waals surface area contributed by atoms with Gasteiger partial charge in [0.1, 0.15) is 12.2 Å². The van der Waals surface area contributed by atoms with Crippen LogP contribution in [0.5, 0.6) is 0 Å². The molecule has 0 spiro atoms. The smallest absolute Gasteiger partial charge is 0.172 e. The molecular weight excluding hydrogens is 252 g/mol. The Morgan fingerprint density at radius 2 is 2.28 bits per heavy atom. The highest BCUT2D eigenvalue weighted by Gasteiger charge is 2.15. The zero-order chi connectivity index (χ0) is 13.1. The summed E-state index contributed by atoms with van der Waals surface area (Å²) in [5, 5.41) is 4.45. The number of halogens is 1. The summed E-state index contributed by atoms with van der Waals surface area (Å²) in [6.07, 6.45) is 4.65. The minimum atomic E-state index is -0.0858. The minimum Gasteiger partial charge on any atom is -0.294 e. The zero-order valence-electron chi connectivity index (χ0n) is 10.2. The van der Waals surface area contributed by atoms with Crippen LogP contribution in [-0.4, -0.2) is 25.5 Å². The molecule has 0 saturated heterocycles. The van der Waals surface area contributed by atoms with Gasteiger partial charge in [0.15, 0.2) is 5.78 Å². The first-order chi connectivity index (χ1) is 8.59. The second-order valence-electron chi connectivity index (χ2n) is 4.17. The molecule has 0 amide bonds. The number of rotatable bonds is 4. The first kappa shape index (κ1) is 12.7. The van der Waals surface area contributed by atoms with E-state index in [1.54, 1.807) is 16.9 Å². The lowest BCUT2D eigenvalue weighted by Gasteiger charge is -2.09. The van der Waals surface area contributed by atoms with Crippen molar-refractivity contribution >= 4 is 17.4 Å². The van der Waals surface area contributed by atoms with Gasteiger partial charge in [-0.3, -0.25) is 9.78 Å². The van der Waals surface area contributed by atoms with E-state index >= 15 is 0 Å². The molecule has 2 heterocycles. The number of aromatic nitrogens is 4. The Hall–Kier alpha value is -1.75. The van der Waals surface area contributed by atoms with E-state index in [2.05, 4.69) is 15.1 Å². The van der Waals surface area contributed by atoms with Gasteiger partial charge in [0.25, 0.3) is 0 Å². The van der Waals surface area contributed by atoms with Crippen LogP contribution in [-0.2, 0) is 6.42 Å². The molecule has 18 heavy (non-hydrogen) atoms. The molecular formula is C12H13ClN4O. The normalized spacial score (nSPS) is 10.9. The average Bonchev–Trinajstić information content (AvgIpc) is 2.77. The number of nitrogens with zero attached hydrogens (tertiary/aromatic N) is 4. The molecule has 0 bridgehead atoms. The summed E-state index contributed by atoms with van der Waals surface area (Å²) in [6.45, 7) is 3.98. The number of ketones is 1. The zero-order valence-corrected chi connectivity index (χ0v) is 10.9. The second-order valence-corrected chi connectivity index (χ2v) is 4.58. The van der Waals surface area contributed by atoms with E-state index in [1.165, 1.54) is 12.5 Å². The third-order valence-electron chi connectivity index (χ3n) is 2.53. The Balaban J connectivity index is 2.22. The summed E-state index contributed by atoms with van der Waals surface area (Å²) >= 11 is 5.94. The van der Waals surface area contributed by atoms with Crippen LogP contribution in [0.2, 0.25) is 5.02 Å². The number of hydrogen-bond donors (Lipinski definition) is 0. The molecule has 2 aromatic heterocycles. The van der Waals surface area contributed by atoms with Crippen molar-refractivity contribution in [3.05, 3.63) is 41.2 Å². The van der Waals surface area contributed by atoms with Crippen molar-refractivity contribution in [1.29, 1.82) is 0 Å². The predicted molar refractivity (Wildman–Crippen MR) is 67.7 cm³/mol. The molecule has 0 saturated carbocycles. The van der Waals surface area contributed by atoms with Crippen LogP contribution in [0.15, 0.2) is 24.8 Å². The summed E-state index contributed by atoms with van der Waals surface area (Å²) in [7, 11) is 0. The first-order valence-electron chi connectivity index (χ1n) is 5.60. The summed E-state index contributed by atoms with van der Waals surface area (Å²) < 4.78 is 1.73. The molecule has 5 nitrogen and oxygen atoms in total. The number of pyridine rings is 1. The lowest BCUT2D eigenvalue weighted by molar-refractivity contribution is 0.0989. The number of carbonyl (C=O) groups is 1. The maximum Gasteiger partial charge on any atom is 0.172 e. The number of Topliss-reactive ketones (excluding diaryl/α,β-unsaturated/α-hetero) is 1. The van der Waals surface area contributed by atoms with E-state index in [0.717, 1.165) is 0 Å². The van der Waals surface area contributed by atoms with Crippen molar-refractivity contribution in [2.45, 2.75) is 26.3 Å². The molecule has 2 rings (SSSR count). The molecule has 0 aromatic carbocycles. The largest absolute Gasteiger partial charge is 0.294 e. The quantitative estimate of drug-likeness (QED) is 0.795. The van der Waals surface area contributed by atoms with Gasteiger partial charge in [0.05, 0.1) is 11.4 Å². The Kier molecular flexibility index (Phi) is 3.72. The van der Waals surface area contributed by atoms with Crippen LogP contribution in [0.25, 0.3) is 0 Å². The topological polar surface area (TPSA) is 60.7 Å². The van der Waals surface area contributed by atoms with Gasteiger partial charge in [0, 0.05) is 24.0 Å². The van der Waals surface area contributed by atoms with Gasteiger partial charge in [0.2, 0.25) is 0 Å². The van der Waals surface area contributed by atoms with Crippen molar-refractivity contribution in [1.82, 2.24) is 19.7 Å². The Bertz CT molecular complexity index is 565. The van der Waals surface area contributed by atoms with Crippen LogP contribution >= 0.6 is 11.6 Å². The van der Waals surface area contributed by atoms with Gasteiger partial charge in [-0.15, -0.1) is 0 Å². The molecule has 0 radical (unpaired) electrons. The average molecular weight is 265 g/mol. The highest BCUT2D eigenvalue weighted by molar-refractivity contribution is 6.33. The van der Waals surface area contributed by atoms with Crippen LogP contribution < -0.4 is 0 Å². The van der Waals surface area contributed by atoms with E-state index in [0.29, 0.717) is 16.4 Å². The third-order valence-corrected chi connectivity index (χ3v) is 2.83. The van der Waals surface area contributed by atoms with Crippen LogP contribution in [0, 0.1) is 0 Å². The van der Waals surface area contributed by atoms with Crippen molar-refractivity contribution in [2.75, 3.05) is 0 Å². The van der Waals surface area contributed by atoms with Crippen molar-refractivity contribution in [2.24, 2.45) is 0 Å². The van der Waals surface area contributed by atoms with E-state index in [9.17, 15) is 4.79 Å². The molecule has 0 aliphatic rings. The fraction of sp³-hybridized carbons (Fsp3) is 0.333. The number of carbonyl (C=O) groups excluding carboxylic acids is 1. The molecule has 0 N–H and O–H groups in total. The van der Waals surface area contributed by atoms with Gasteiger partial charge < -0.3 is 0 Å². The fourth-order valence-corrected chi connectivity index (χ4v) is 1.90. The van der Waals surface area contributed by atoms with Crippen LogP contribution in [0.4, 0.5) is 0 Å². The van der Waals surface area contributed by atoms with Crippen molar-refractivity contribution in [3.63, 3.8) is 0 Å². The Labute approximate surface area is 110 Å². The highest BCUT2D eigenvalue weighted by Crippen LogP contribution is 2.16. The SMILES string of the molecule is CC(C)n1ncnc1CC(=O)c1ccncc1Cl.